The van der Waals surface area contributed by atoms with Crippen LogP contribution in [-0.4, -0.2) is 29.9 Å². The molecule has 1 aliphatic heterocycles. The quantitative estimate of drug-likeness (QED) is 0.691. The zero-order valence-electron chi connectivity index (χ0n) is 13.7. The molecule has 1 amide bonds. The third kappa shape index (κ3) is 4.27. The number of thioether (sulfide) groups is 1. The van der Waals surface area contributed by atoms with E-state index in [4.69, 9.17) is 9.47 Å². The highest BCUT2D eigenvalue weighted by Crippen LogP contribution is 2.38. The number of hydrogen-bond donors (Lipinski definition) is 1. The van der Waals surface area contributed by atoms with Crippen molar-refractivity contribution < 1.29 is 23.0 Å². The molecule has 1 aromatic heterocycles. The first-order chi connectivity index (χ1) is 12.5. The van der Waals surface area contributed by atoms with E-state index in [1.807, 2.05) is 0 Å². The van der Waals surface area contributed by atoms with Crippen molar-refractivity contribution in [1.29, 1.82) is 0 Å². The number of carbonyl (C=O) groups excluding carboxylic acids is 1. The van der Waals surface area contributed by atoms with E-state index >= 15 is 0 Å². The average Bonchev–Trinajstić information content (AvgIpc) is 2.60. The normalized spacial score (nSPS) is 14.2. The fraction of sp³-hybridized carbons (Fsp3) is 0.294. The lowest BCUT2D eigenvalue weighted by molar-refractivity contribution is 0.0936. The van der Waals surface area contributed by atoms with E-state index < -0.39 is 17.7 Å². The standard InChI is InChI=1S/C17H15BrF2N2O3S/c1-9(11-7-13-14(8-12(11)18)25-6-5-24-13)22-15(23)10-3-2-4-21-16(10)26-17(19)20/h2-4,7-9,17H,5-6H2,1H3,(H,22,23). The zero-order chi connectivity index (χ0) is 18.7. The Hall–Kier alpha value is -1.87. The molecule has 138 valence electrons. The SMILES string of the molecule is CC(NC(=O)c1cccnc1SC(F)F)c1cc2c(cc1Br)OCCO2. The van der Waals surface area contributed by atoms with E-state index in [0.29, 0.717) is 24.7 Å². The Balaban J connectivity index is 1.80. The van der Waals surface area contributed by atoms with Crippen LogP contribution in [0.2, 0.25) is 0 Å². The van der Waals surface area contributed by atoms with Gasteiger partial charge in [-0.05, 0) is 48.5 Å². The monoisotopic (exact) mass is 444 g/mol. The zero-order valence-corrected chi connectivity index (χ0v) is 16.1. The fourth-order valence-corrected chi connectivity index (χ4v) is 3.75. The summed E-state index contributed by atoms with van der Waals surface area (Å²) >= 11 is 3.71. The summed E-state index contributed by atoms with van der Waals surface area (Å²) in [5.41, 5.74) is 0.896. The average molecular weight is 445 g/mol. The molecule has 1 atom stereocenters. The number of halogens is 3. The minimum Gasteiger partial charge on any atom is -0.486 e. The van der Waals surface area contributed by atoms with Crippen molar-refractivity contribution in [3.05, 3.63) is 46.1 Å². The largest absolute Gasteiger partial charge is 0.486 e. The van der Waals surface area contributed by atoms with Crippen LogP contribution in [0.25, 0.3) is 0 Å². The third-order valence-electron chi connectivity index (χ3n) is 3.69. The fourth-order valence-electron chi connectivity index (χ4n) is 2.51. The van der Waals surface area contributed by atoms with Crippen LogP contribution < -0.4 is 14.8 Å². The summed E-state index contributed by atoms with van der Waals surface area (Å²) < 4.78 is 37.2. The van der Waals surface area contributed by atoms with Crippen molar-refractivity contribution in [2.75, 3.05) is 13.2 Å². The topological polar surface area (TPSA) is 60.5 Å². The Bertz CT molecular complexity index is 823. The van der Waals surface area contributed by atoms with Gasteiger partial charge in [0.2, 0.25) is 0 Å². The second-order valence-electron chi connectivity index (χ2n) is 5.45. The van der Waals surface area contributed by atoms with Crippen LogP contribution in [0.15, 0.2) is 40.0 Å². The van der Waals surface area contributed by atoms with Crippen molar-refractivity contribution in [3.8, 4) is 11.5 Å². The second-order valence-corrected chi connectivity index (χ2v) is 7.28. The van der Waals surface area contributed by atoms with Gasteiger partial charge in [-0.3, -0.25) is 4.79 Å². The molecule has 0 aliphatic carbocycles. The molecule has 9 heteroatoms. The third-order valence-corrected chi connectivity index (χ3v) is 5.11. The van der Waals surface area contributed by atoms with Crippen LogP contribution in [0.4, 0.5) is 8.78 Å². The van der Waals surface area contributed by atoms with Gasteiger partial charge < -0.3 is 14.8 Å². The van der Waals surface area contributed by atoms with Crippen LogP contribution in [0, 0.1) is 0 Å². The van der Waals surface area contributed by atoms with Crippen LogP contribution in [0.5, 0.6) is 11.5 Å². The van der Waals surface area contributed by atoms with Gasteiger partial charge >= 0.3 is 0 Å². The van der Waals surface area contributed by atoms with E-state index in [1.165, 1.54) is 18.3 Å². The van der Waals surface area contributed by atoms with E-state index in [-0.39, 0.29) is 22.4 Å². The maximum Gasteiger partial charge on any atom is 0.290 e. The summed E-state index contributed by atoms with van der Waals surface area (Å²) in [6.07, 6.45) is 1.38. The minimum atomic E-state index is -2.65. The van der Waals surface area contributed by atoms with Crippen molar-refractivity contribution in [1.82, 2.24) is 10.3 Å². The Morgan fingerprint density at radius 2 is 2.00 bits per heavy atom. The molecule has 0 spiro atoms. The maximum atomic E-state index is 12.7. The summed E-state index contributed by atoms with van der Waals surface area (Å²) in [6.45, 7) is 2.74. The molecular weight excluding hydrogens is 430 g/mol. The number of aromatic nitrogens is 1. The first-order valence-corrected chi connectivity index (χ1v) is 9.42. The molecule has 0 bridgehead atoms. The number of amides is 1. The molecule has 1 aliphatic rings. The Kier molecular flexibility index (Phi) is 5.98. The van der Waals surface area contributed by atoms with Gasteiger partial charge in [-0.1, -0.05) is 15.9 Å². The summed E-state index contributed by atoms with van der Waals surface area (Å²) in [5.74, 6) is -1.89. The maximum absolute atomic E-state index is 12.7. The van der Waals surface area contributed by atoms with E-state index in [2.05, 4.69) is 26.2 Å². The number of rotatable bonds is 5. The van der Waals surface area contributed by atoms with Gasteiger partial charge in [0.05, 0.1) is 11.6 Å². The number of alkyl halides is 2. The lowest BCUT2D eigenvalue weighted by atomic mass is 10.1. The Morgan fingerprint density at radius 1 is 1.31 bits per heavy atom. The number of benzene rings is 1. The molecule has 2 aromatic rings. The van der Waals surface area contributed by atoms with Gasteiger partial charge in [0.1, 0.15) is 18.2 Å². The number of fused-ring (bicyclic) bond motifs is 1. The summed E-state index contributed by atoms with van der Waals surface area (Å²) in [7, 11) is 0. The summed E-state index contributed by atoms with van der Waals surface area (Å²) in [6, 6.07) is 6.20. The van der Waals surface area contributed by atoms with Crippen molar-refractivity contribution in [3.63, 3.8) is 0 Å². The molecule has 0 fully saturated rings. The molecular formula is C17H15BrF2N2O3S. The molecule has 0 radical (unpaired) electrons. The van der Waals surface area contributed by atoms with Gasteiger partial charge in [-0.15, -0.1) is 0 Å². The van der Waals surface area contributed by atoms with Gasteiger partial charge in [-0.2, -0.15) is 8.78 Å². The highest BCUT2D eigenvalue weighted by Gasteiger charge is 2.22. The molecule has 1 unspecified atom stereocenters. The predicted molar refractivity (Wildman–Crippen MR) is 97.1 cm³/mol. The molecule has 3 rings (SSSR count). The number of nitrogens with zero attached hydrogens (tertiary/aromatic N) is 1. The Morgan fingerprint density at radius 3 is 2.69 bits per heavy atom. The lowest BCUT2D eigenvalue weighted by Crippen LogP contribution is -2.28. The summed E-state index contributed by atoms with van der Waals surface area (Å²) in [4.78, 5) is 16.4. The number of hydrogen-bond acceptors (Lipinski definition) is 5. The molecule has 5 nitrogen and oxygen atoms in total. The molecule has 1 N–H and O–H groups in total. The molecule has 1 aromatic carbocycles. The van der Waals surface area contributed by atoms with Gasteiger partial charge in [0.25, 0.3) is 11.7 Å². The van der Waals surface area contributed by atoms with Gasteiger partial charge in [0.15, 0.2) is 11.5 Å². The lowest BCUT2D eigenvalue weighted by Gasteiger charge is -2.22. The van der Waals surface area contributed by atoms with Crippen LogP contribution >= 0.6 is 27.7 Å². The predicted octanol–water partition coefficient (Wildman–Crippen LogP) is 4.42. The van der Waals surface area contributed by atoms with Crippen molar-refractivity contribution >= 4 is 33.6 Å². The number of nitrogens with one attached hydrogen (secondary N) is 1. The van der Waals surface area contributed by atoms with Crippen molar-refractivity contribution in [2.24, 2.45) is 0 Å². The van der Waals surface area contributed by atoms with Crippen LogP contribution in [-0.2, 0) is 0 Å². The smallest absolute Gasteiger partial charge is 0.290 e. The highest BCUT2D eigenvalue weighted by molar-refractivity contribution is 9.10. The number of carbonyl (C=O) groups is 1. The highest BCUT2D eigenvalue weighted by atomic mass is 79.9. The molecule has 2 heterocycles. The first-order valence-electron chi connectivity index (χ1n) is 7.75. The van der Waals surface area contributed by atoms with Gasteiger partial charge in [-0.25, -0.2) is 4.98 Å². The minimum absolute atomic E-state index is 0.00607. The molecule has 0 saturated heterocycles. The van der Waals surface area contributed by atoms with Crippen LogP contribution in [0.1, 0.15) is 28.9 Å². The van der Waals surface area contributed by atoms with Crippen LogP contribution in [0.3, 0.4) is 0 Å². The summed E-state index contributed by atoms with van der Waals surface area (Å²) in [5, 5.41) is 2.80. The van der Waals surface area contributed by atoms with Crippen molar-refractivity contribution in [2.45, 2.75) is 23.7 Å². The second kappa shape index (κ2) is 8.22. The number of ether oxygens (including phenoxy) is 2. The van der Waals surface area contributed by atoms with Gasteiger partial charge in [0, 0.05) is 10.7 Å². The Labute approximate surface area is 161 Å². The van der Waals surface area contributed by atoms with E-state index in [1.54, 1.807) is 19.1 Å². The van der Waals surface area contributed by atoms with E-state index in [0.717, 1.165) is 10.0 Å². The molecule has 26 heavy (non-hydrogen) atoms. The number of pyridine rings is 1. The van der Waals surface area contributed by atoms with E-state index in [9.17, 15) is 13.6 Å². The molecule has 0 saturated carbocycles. The first kappa shape index (κ1) is 18.9.